The first-order valence-corrected chi connectivity index (χ1v) is 7.23. The van der Waals surface area contributed by atoms with Crippen LogP contribution in [0.4, 0.5) is 0 Å². The summed E-state index contributed by atoms with van der Waals surface area (Å²) in [6.07, 6.45) is 7.05. The number of nitrogens with zero attached hydrogens (tertiary/aromatic N) is 3. The average Bonchev–Trinajstić information content (AvgIpc) is 2.88. The van der Waals surface area contributed by atoms with E-state index in [1.54, 1.807) is 24.5 Å². The van der Waals surface area contributed by atoms with Crippen molar-refractivity contribution in [2.75, 3.05) is 13.1 Å². The minimum Gasteiger partial charge on any atom is -0.351 e. The highest BCUT2D eigenvalue weighted by Gasteiger charge is 2.05. The number of allylic oxidation sites excluding steroid dienone is 1. The minimum absolute atomic E-state index is 0.0841. The van der Waals surface area contributed by atoms with Crippen molar-refractivity contribution in [3.8, 4) is 0 Å². The Labute approximate surface area is 130 Å². The van der Waals surface area contributed by atoms with Crippen molar-refractivity contribution in [2.24, 2.45) is 0 Å². The number of nitrogens with one attached hydrogen (secondary N) is 2. The van der Waals surface area contributed by atoms with Crippen LogP contribution in [0.2, 0.25) is 0 Å². The third-order valence-electron chi connectivity index (χ3n) is 3.21. The molecular formula is C16H21N5O. The van der Waals surface area contributed by atoms with E-state index in [4.69, 9.17) is 0 Å². The van der Waals surface area contributed by atoms with Crippen LogP contribution in [0.15, 0.2) is 43.4 Å². The van der Waals surface area contributed by atoms with Gasteiger partial charge in [-0.05, 0) is 19.1 Å². The van der Waals surface area contributed by atoms with Crippen molar-refractivity contribution in [2.45, 2.75) is 20.0 Å². The summed E-state index contributed by atoms with van der Waals surface area (Å²) in [7, 11) is 0. The average molecular weight is 299 g/mol. The van der Waals surface area contributed by atoms with Crippen LogP contribution < -0.4 is 10.6 Å². The summed E-state index contributed by atoms with van der Waals surface area (Å²) in [4.78, 5) is 15.7. The molecule has 22 heavy (non-hydrogen) atoms. The molecule has 6 heteroatoms. The van der Waals surface area contributed by atoms with Gasteiger partial charge in [-0.2, -0.15) is 5.10 Å². The van der Waals surface area contributed by atoms with Crippen molar-refractivity contribution in [1.29, 1.82) is 0 Å². The Morgan fingerprint density at radius 2 is 2.14 bits per heavy atom. The summed E-state index contributed by atoms with van der Waals surface area (Å²) in [6, 6.07) is 3.39. The molecular weight excluding hydrogens is 278 g/mol. The largest absolute Gasteiger partial charge is 0.351 e. The van der Waals surface area contributed by atoms with Gasteiger partial charge in [0.2, 0.25) is 0 Å². The standard InChI is InChI=1S/C16H21N5O/c1-3-10-21-12-15(13(2)20-21)11-18-8-9-19-16(22)14-4-6-17-7-5-14/h3-7,12,18H,1,8-11H2,2H3,(H,19,22). The number of aromatic nitrogens is 3. The van der Waals surface area contributed by atoms with E-state index in [-0.39, 0.29) is 5.91 Å². The fourth-order valence-electron chi connectivity index (χ4n) is 2.05. The molecule has 1 amide bonds. The molecule has 2 N–H and O–H groups in total. The number of hydrogen-bond acceptors (Lipinski definition) is 4. The lowest BCUT2D eigenvalue weighted by Crippen LogP contribution is -2.31. The van der Waals surface area contributed by atoms with Crippen LogP contribution in [0.3, 0.4) is 0 Å². The zero-order valence-corrected chi connectivity index (χ0v) is 12.7. The van der Waals surface area contributed by atoms with Gasteiger partial charge >= 0.3 is 0 Å². The monoisotopic (exact) mass is 299 g/mol. The first-order valence-electron chi connectivity index (χ1n) is 7.23. The molecule has 0 aliphatic rings. The molecule has 0 radical (unpaired) electrons. The molecule has 0 atom stereocenters. The summed E-state index contributed by atoms with van der Waals surface area (Å²) >= 11 is 0. The molecule has 0 bridgehead atoms. The normalized spacial score (nSPS) is 10.4. The van der Waals surface area contributed by atoms with E-state index in [1.165, 1.54) is 0 Å². The zero-order valence-electron chi connectivity index (χ0n) is 12.7. The highest BCUT2D eigenvalue weighted by molar-refractivity contribution is 5.93. The van der Waals surface area contributed by atoms with Gasteiger partial charge in [0.05, 0.1) is 12.2 Å². The van der Waals surface area contributed by atoms with Crippen molar-refractivity contribution < 1.29 is 4.79 Å². The summed E-state index contributed by atoms with van der Waals surface area (Å²) in [5.74, 6) is -0.0841. The summed E-state index contributed by atoms with van der Waals surface area (Å²) in [5.41, 5.74) is 2.79. The number of hydrogen-bond donors (Lipinski definition) is 2. The quantitative estimate of drug-likeness (QED) is 0.569. The smallest absolute Gasteiger partial charge is 0.251 e. The molecule has 0 saturated carbocycles. The third kappa shape index (κ3) is 4.53. The van der Waals surface area contributed by atoms with Crippen LogP contribution in [0.1, 0.15) is 21.6 Å². The molecule has 0 unspecified atom stereocenters. The molecule has 0 saturated heterocycles. The van der Waals surface area contributed by atoms with Gasteiger partial charge in [-0.1, -0.05) is 6.08 Å². The first-order chi connectivity index (χ1) is 10.7. The number of pyridine rings is 1. The Kier molecular flexibility index (Phi) is 5.85. The van der Waals surface area contributed by atoms with Crippen molar-refractivity contribution in [1.82, 2.24) is 25.4 Å². The Bertz CT molecular complexity index is 621. The van der Waals surface area contributed by atoms with Crippen molar-refractivity contribution in [3.05, 3.63) is 60.2 Å². The van der Waals surface area contributed by atoms with Gasteiger partial charge in [0, 0.05) is 49.4 Å². The number of rotatable bonds is 8. The predicted molar refractivity (Wildman–Crippen MR) is 85.4 cm³/mol. The Morgan fingerprint density at radius 1 is 1.36 bits per heavy atom. The molecule has 0 aliphatic heterocycles. The molecule has 2 aromatic heterocycles. The highest BCUT2D eigenvalue weighted by Crippen LogP contribution is 2.05. The van der Waals surface area contributed by atoms with Crippen LogP contribution in [-0.2, 0) is 13.1 Å². The van der Waals surface area contributed by atoms with Crippen LogP contribution >= 0.6 is 0 Å². The molecule has 6 nitrogen and oxygen atoms in total. The second kappa shape index (κ2) is 8.09. The maximum absolute atomic E-state index is 11.8. The molecule has 116 valence electrons. The SMILES string of the molecule is C=CCn1cc(CNCCNC(=O)c2ccncc2)c(C)n1. The van der Waals surface area contributed by atoms with Crippen LogP contribution in [0.5, 0.6) is 0 Å². The number of aryl methyl sites for hydroxylation is 1. The molecule has 0 aliphatic carbocycles. The van der Waals surface area contributed by atoms with Gasteiger partial charge in [-0.15, -0.1) is 6.58 Å². The van der Waals surface area contributed by atoms with Gasteiger partial charge in [-0.3, -0.25) is 14.5 Å². The lowest BCUT2D eigenvalue weighted by Gasteiger charge is -2.06. The van der Waals surface area contributed by atoms with E-state index in [0.29, 0.717) is 25.2 Å². The van der Waals surface area contributed by atoms with E-state index < -0.39 is 0 Å². The fourth-order valence-corrected chi connectivity index (χ4v) is 2.05. The van der Waals surface area contributed by atoms with Crippen LogP contribution in [-0.4, -0.2) is 33.8 Å². The number of amides is 1. The zero-order chi connectivity index (χ0) is 15.8. The van der Waals surface area contributed by atoms with Crippen LogP contribution in [0.25, 0.3) is 0 Å². The van der Waals surface area contributed by atoms with E-state index in [1.807, 2.05) is 23.9 Å². The molecule has 0 fully saturated rings. The van der Waals surface area contributed by atoms with Crippen molar-refractivity contribution in [3.63, 3.8) is 0 Å². The van der Waals surface area contributed by atoms with Gasteiger partial charge < -0.3 is 10.6 Å². The van der Waals surface area contributed by atoms with E-state index in [2.05, 4.69) is 27.3 Å². The van der Waals surface area contributed by atoms with Crippen LogP contribution in [0, 0.1) is 6.92 Å². The van der Waals surface area contributed by atoms with Gasteiger partial charge in [0.25, 0.3) is 5.91 Å². The topological polar surface area (TPSA) is 71.8 Å². The van der Waals surface area contributed by atoms with E-state index >= 15 is 0 Å². The van der Waals surface area contributed by atoms with Crippen molar-refractivity contribution >= 4 is 5.91 Å². The summed E-state index contributed by atoms with van der Waals surface area (Å²) < 4.78 is 1.87. The second-order valence-corrected chi connectivity index (χ2v) is 4.92. The highest BCUT2D eigenvalue weighted by atomic mass is 16.1. The molecule has 2 rings (SSSR count). The molecule has 0 spiro atoms. The maximum Gasteiger partial charge on any atom is 0.251 e. The Balaban J connectivity index is 1.69. The van der Waals surface area contributed by atoms with E-state index in [0.717, 1.165) is 17.8 Å². The first kappa shape index (κ1) is 15.9. The summed E-state index contributed by atoms with van der Waals surface area (Å²) in [5, 5.41) is 10.6. The van der Waals surface area contributed by atoms with Gasteiger partial charge in [-0.25, -0.2) is 0 Å². The summed E-state index contributed by atoms with van der Waals surface area (Å²) in [6.45, 7) is 8.40. The van der Waals surface area contributed by atoms with Gasteiger partial charge in [0.1, 0.15) is 0 Å². The van der Waals surface area contributed by atoms with E-state index in [9.17, 15) is 4.79 Å². The molecule has 2 aromatic rings. The molecule has 2 heterocycles. The maximum atomic E-state index is 11.8. The second-order valence-electron chi connectivity index (χ2n) is 4.92. The lowest BCUT2D eigenvalue weighted by atomic mass is 10.2. The lowest BCUT2D eigenvalue weighted by molar-refractivity contribution is 0.0954. The number of carbonyl (C=O) groups excluding carboxylic acids is 1. The minimum atomic E-state index is -0.0841. The fraction of sp³-hybridized carbons (Fsp3) is 0.312. The predicted octanol–water partition coefficient (Wildman–Crippen LogP) is 1.29. The number of carbonyl (C=O) groups is 1. The third-order valence-corrected chi connectivity index (χ3v) is 3.21. The molecule has 0 aromatic carbocycles. The van der Waals surface area contributed by atoms with Gasteiger partial charge in [0.15, 0.2) is 0 Å². The Morgan fingerprint density at radius 3 is 2.86 bits per heavy atom. The Hall–Kier alpha value is -2.47.